The first kappa shape index (κ1) is 17.0. The molecule has 2 rings (SSSR count). The van der Waals surface area contributed by atoms with E-state index < -0.39 is 0 Å². The van der Waals surface area contributed by atoms with E-state index in [1.807, 2.05) is 32.0 Å². The molecule has 0 saturated heterocycles. The fraction of sp³-hybridized carbons (Fsp3) is 0.176. The number of aryl methyl sites for hydroxylation is 2. The van der Waals surface area contributed by atoms with Crippen LogP contribution in [-0.2, 0) is 4.79 Å². The molecule has 0 bridgehead atoms. The lowest BCUT2D eigenvalue weighted by Gasteiger charge is -2.08. The van der Waals surface area contributed by atoms with Gasteiger partial charge in [-0.25, -0.2) is 5.43 Å². The van der Waals surface area contributed by atoms with Gasteiger partial charge in [-0.05, 0) is 70.7 Å². The Morgan fingerprint density at radius 3 is 2.83 bits per heavy atom. The lowest BCUT2D eigenvalue weighted by Crippen LogP contribution is -2.24. The van der Waals surface area contributed by atoms with Crippen LogP contribution in [0.4, 0.5) is 0 Å². The second-order valence-electron chi connectivity index (χ2n) is 5.06. The molecule has 23 heavy (non-hydrogen) atoms. The number of halogens is 1. The number of ether oxygens (including phenoxy) is 1. The summed E-state index contributed by atoms with van der Waals surface area (Å²) in [7, 11) is 0. The van der Waals surface area contributed by atoms with Crippen molar-refractivity contribution in [3.63, 3.8) is 0 Å². The minimum absolute atomic E-state index is 0.110. The summed E-state index contributed by atoms with van der Waals surface area (Å²) in [6, 6.07) is 10.7. The molecule has 0 atom stereocenters. The van der Waals surface area contributed by atoms with Crippen LogP contribution in [-0.4, -0.2) is 23.8 Å². The molecule has 2 aromatic carbocycles. The first-order valence-corrected chi connectivity index (χ1v) is 7.75. The summed E-state index contributed by atoms with van der Waals surface area (Å²) in [6.45, 7) is 3.78. The highest BCUT2D eigenvalue weighted by Gasteiger charge is 2.04. The molecule has 0 unspecified atom stereocenters. The summed E-state index contributed by atoms with van der Waals surface area (Å²) in [4.78, 5) is 11.7. The van der Waals surface area contributed by atoms with Crippen molar-refractivity contribution in [3.8, 4) is 11.5 Å². The zero-order chi connectivity index (χ0) is 16.8. The van der Waals surface area contributed by atoms with Gasteiger partial charge in [0.05, 0.1) is 10.7 Å². The van der Waals surface area contributed by atoms with Crippen molar-refractivity contribution in [1.82, 2.24) is 5.43 Å². The van der Waals surface area contributed by atoms with E-state index in [0.29, 0.717) is 10.2 Å². The van der Waals surface area contributed by atoms with Crippen molar-refractivity contribution in [1.29, 1.82) is 0 Å². The number of phenolic OH excluding ortho intramolecular Hbond substituents is 1. The molecule has 0 heterocycles. The van der Waals surface area contributed by atoms with E-state index in [1.54, 1.807) is 12.1 Å². The molecule has 1 amide bonds. The number of carbonyl (C=O) groups is 1. The van der Waals surface area contributed by atoms with Gasteiger partial charge in [-0.15, -0.1) is 0 Å². The fourth-order valence-corrected chi connectivity index (χ4v) is 2.22. The Labute approximate surface area is 143 Å². The van der Waals surface area contributed by atoms with Crippen molar-refractivity contribution in [2.24, 2.45) is 5.10 Å². The molecule has 2 aromatic rings. The Hall–Kier alpha value is -2.34. The molecule has 0 radical (unpaired) electrons. The van der Waals surface area contributed by atoms with E-state index in [4.69, 9.17) is 4.74 Å². The molecule has 2 N–H and O–H groups in total. The van der Waals surface area contributed by atoms with E-state index in [2.05, 4.69) is 26.5 Å². The minimum Gasteiger partial charge on any atom is -0.507 e. The Morgan fingerprint density at radius 2 is 2.09 bits per heavy atom. The second-order valence-corrected chi connectivity index (χ2v) is 5.92. The zero-order valence-electron chi connectivity index (χ0n) is 12.8. The number of nitrogens with one attached hydrogen (secondary N) is 1. The first-order chi connectivity index (χ1) is 11.0. The number of hydrogen-bond donors (Lipinski definition) is 2. The summed E-state index contributed by atoms with van der Waals surface area (Å²) in [5, 5.41) is 13.3. The van der Waals surface area contributed by atoms with Gasteiger partial charge in [0.15, 0.2) is 6.61 Å². The molecule has 0 fully saturated rings. The quantitative estimate of drug-likeness (QED) is 0.621. The highest BCUT2D eigenvalue weighted by molar-refractivity contribution is 9.10. The van der Waals surface area contributed by atoms with E-state index in [9.17, 15) is 9.90 Å². The summed E-state index contributed by atoms with van der Waals surface area (Å²) in [5.41, 5.74) is 5.18. The van der Waals surface area contributed by atoms with Crippen molar-refractivity contribution in [2.75, 3.05) is 6.61 Å². The average molecular weight is 377 g/mol. The van der Waals surface area contributed by atoms with Gasteiger partial charge in [-0.2, -0.15) is 5.10 Å². The monoisotopic (exact) mass is 376 g/mol. The predicted molar refractivity (Wildman–Crippen MR) is 93.0 cm³/mol. The predicted octanol–water partition coefficient (Wildman–Crippen LogP) is 3.30. The molecule has 5 nitrogen and oxygen atoms in total. The van der Waals surface area contributed by atoms with Gasteiger partial charge < -0.3 is 9.84 Å². The fourth-order valence-electron chi connectivity index (χ4n) is 1.82. The van der Waals surface area contributed by atoms with Crippen LogP contribution < -0.4 is 10.2 Å². The molecule has 6 heteroatoms. The Kier molecular flexibility index (Phi) is 5.76. The second kappa shape index (κ2) is 7.78. The standard InChI is InChI=1S/C17H17BrN2O3/c1-11-3-4-12(2)16(7-11)23-10-17(22)20-19-9-13-5-6-15(21)14(18)8-13/h3-9,21H,10H2,1-2H3,(H,20,22)/b19-9+. The average Bonchev–Trinajstić information content (AvgIpc) is 2.52. The highest BCUT2D eigenvalue weighted by atomic mass is 79.9. The number of phenols is 1. The number of nitrogens with zero attached hydrogens (tertiary/aromatic N) is 1. The number of benzene rings is 2. The molecule has 0 aromatic heterocycles. The molecular weight excluding hydrogens is 360 g/mol. The lowest BCUT2D eigenvalue weighted by molar-refractivity contribution is -0.123. The van der Waals surface area contributed by atoms with Crippen LogP contribution in [0.3, 0.4) is 0 Å². The largest absolute Gasteiger partial charge is 0.507 e. The Morgan fingerprint density at radius 1 is 1.30 bits per heavy atom. The first-order valence-electron chi connectivity index (χ1n) is 6.96. The molecule has 0 aliphatic heterocycles. The smallest absolute Gasteiger partial charge is 0.277 e. The van der Waals surface area contributed by atoms with Crippen LogP contribution in [0.5, 0.6) is 11.5 Å². The van der Waals surface area contributed by atoms with E-state index >= 15 is 0 Å². The van der Waals surface area contributed by atoms with Gasteiger partial charge in [-0.3, -0.25) is 4.79 Å². The van der Waals surface area contributed by atoms with Crippen LogP contribution >= 0.6 is 15.9 Å². The summed E-state index contributed by atoms with van der Waals surface area (Å²) in [6.07, 6.45) is 1.49. The number of hydrogen-bond acceptors (Lipinski definition) is 4. The molecule has 0 spiro atoms. The number of hydrazone groups is 1. The van der Waals surface area contributed by atoms with Crippen molar-refractivity contribution in [3.05, 3.63) is 57.6 Å². The normalized spacial score (nSPS) is 10.7. The van der Waals surface area contributed by atoms with Gasteiger partial charge in [0, 0.05) is 0 Å². The SMILES string of the molecule is Cc1ccc(C)c(OCC(=O)N/N=C/c2ccc(O)c(Br)c2)c1. The topological polar surface area (TPSA) is 70.9 Å². The summed E-state index contributed by atoms with van der Waals surface area (Å²) in [5.74, 6) is 0.486. The van der Waals surface area contributed by atoms with Gasteiger partial charge in [0.25, 0.3) is 5.91 Å². The van der Waals surface area contributed by atoms with E-state index in [1.165, 1.54) is 12.3 Å². The molecule has 0 aliphatic carbocycles. The van der Waals surface area contributed by atoms with Crippen molar-refractivity contribution < 1.29 is 14.6 Å². The zero-order valence-corrected chi connectivity index (χ0v) is 14.4. The van der Waals surface area contributed by atoms with Gasteiger partial charge >= 0.3 is 0 Å². The van der Waals surface area contributed by atoms with Crippen LogP contribution in [0.25, 0.3) is 0 Å². The van der Waals surface area contributed by atoms with Gasteiger partial charge in [0.1, 0.15) is 11.5 Å². The van der Waals surface area contributed by atoms with Crippen LogP contribution in [0.1, 0.15) is 16.7 Å². The number of rotatable bonds is 5. The van der Waals surface area contributed by atoms with Crippen LogP contribution in [0.15, 0.2) is 46.0 Å². The third kappa shape index (κ3) is 5.10. The molecular formula is C17H17BrN2O3. The van der Waals surface area contributed by atoms with Crippen molar-refractivity contribution in [2.45, 2.75) is 13.8 Å². The van der Waals surface area contributed by atoms with Crippen LogP contribution in [0, 0.1) is 13.8 Å². The number of carbonyl (C=O) groups excluding carboxylic acids is 1. The van der Waals surface area contributed by atoms with Crippen molar-refractivity contribution >= 4 is 28.1 Å². The number of amides is 1. The Bertz CT molecular complexity index is 745. The summed E-state index contributed by atoms with van der Waals surface area (Å²) < 4.78 is 6.05. The molecule has 120 valence electrons. The third-order valence-electron chi connectivity index (χ3n) is 3.08. The Balaban J connectivity index is 1.86. The molecule has 0 saturated carbocycles. The maximum absolute atomic E-state index is 11.7. The third-order valence-corrected chi connectivity index (χ3v) is 3.71. The minimum atomic E-state index is -0.347. The van der Waals surface area contributed by atoms with Crippen LogP contribution in [0.2, 0.25) is 0 Å². The maximum Gasteiger partial charge on any atom is 0.277 e. The lowest BCUT2D eigenvalue weighted by atomic mass is 10.1. The summed E-state index contributed by atoms with van der Waals surface area (Å²) >= 11 is 3.21. The molecule has 0 aliphatic rings. The van der Waals surface area contributed by atoms with Gasteiger partial charge in [0.2, 0.25) is 0 Å². The highest BCUT2D eigenvalue weighted by Crippen LogP contribution is 2.23. The van der Waals surface area contributed by atoms with E-state index in [0.717, 1.165) is 16.7 Å². The maximum atomic E-state index is 11.7. The van der Waals surface area contributed by atoms with Gasteiger partial charge in [-0.1, -0.05) is 12.1 Å². The number of aromatic hydroxyl groups is 1. The van der Waals surface area contributed by atoms with E-state index in [-0.39, 0.29) is 18.3 Å².